The maximum Gasteiger partial charge on any atom is 0.417 e. The first-order valence-electron chi connectivity index (χ1n) is 11.0. The summed E-state index contributed by atoms with van der Waals surface area (Å²) in [6, 6.07) is 13.2. The number of fused-ring (bicyclic) bond motifs is 1. The van der Waals surface area contributed by atoms with E-state index >= 15 is 0 Å². The van der Waals surface area contributed by atoms with Gasteiger partial charge in [-0.15, -0.1) is 0 Å². The highest BCUT2D eigenvalue weighted by Crippen LogP contribution is 2.46. The molecule has 0 saturated heterocycles. The summed E-state index contributed by atoms with van der Waals surface area (Å²) >= 11 is 0. The Balaban J connectivity index is 2.39. The van der Waals surface area contributed by atoms with Gasteiger partial charge in [0.25, 0.3) is 5.91 Å². The summed E-state index contributed by atoms with van der Waals surface area (Å²) in [6.07, 6.45) is -5.43. The standard InChI is InChI=1S/C25H30F3N3O2/c1-6-30(7-2)22-20-18(25(26,27)28)15-12-16-19(20)29(4)24(33-5)21(22)23(32)31(8-3)17-13-10-9-11-14-17/h9-16,24H,6-8H2,1-5H3. The van der Waals surface area contributed by atoms with Gasteiger partial charge < -0.3 is 19.4 Å². The maximum absolute atomic E-state index is 14.2. The normalized spacial score (nSPS) is 16.0. The highest BCUT2D eigenvalue weighted by atomic mass is 19.4. The number of benzene rings is 2. The lowest BCUT2D eigenvalue weighted by molar-refractivity contribution is -0.138. The smallest absolute Gasteiger partial charge is 0.371 e. The van der Waals surface area contributed by atoms with Crippen LogP contribution in [0.25, 0.3) is 5.70 Å². The zero-order valence-electron chi connectivity index (χ0n) is 19.6. The molecule has 1 aliphatic rings. The van der Waals surface area contributed by atoms with Crippen molar-refractivity contribution < 1.29 is 22.7 Å². The first-order valence-corrected chi connectivity index (χ1v) is 11.0. The van der Waals surface area contributed by atoms with Crippen LogP contribution in [0.3, 0.4) is 0 Å². The van der Waals surface area contributed by atoms with E-state index in [-0.39, 0.29) is 22.7 Å². The summed E-state index contributed by atoms with van der Waals surface area (Å²) in [5, 5.41) is 0. The fraction of sp³-hybridized carbons (Fsp3) is 0.400. The van der Waals surface area contributed by atoms with Gasteiger partial charge in [0.15, 0.2) is 6.23 Å². The van der Waals surface area contributed by atoms with Crippen LogP contribution in [0.4, 0.5) is 24.5 Å². The lowest BCUT2D eigenvalue weighted by Gasteiger charge is -2.42. The molecule has 178 valence electrons. The van der Waals surface area contributed by atoms with Crippen molar-refractivity contribution in [3.05, 3.63) is 65.2 Å². The Bertz CT molecular complexity index is 1020. The summed E-state index contributed by atoms with van der Waals surface area (Å²) in [4.78, 5) is 19.0. The molecule has 1 aliphatic heterocycles. The van der Waals surface area contributed by atoms with E-state index in [9.17, 15) is 18.0 Å². The number of carbonyl (C=O) groups is 1. The summed E-state index contributed by atoms with van der Waals surface area (Å²) < 4.78 is 48.2. The van der Waals surface area contributed by atoms with E-state index in [1.54, 1.807) is 27.8 Å². The number of carbonyl (C=O) groups excluding carboxylic acids is 1. The summed E-state index contributed by atoms with van der Waals surface area (Å²) in [7, 11) is 3.12. The molecule has 0 fully saturated rings. The molecule has 0 N–H and O–H groups in total. The number of anilines is 2. The van der Waals surface area contributed by atoms with Gasteiger partial charge in [0.05, 0.1) is 16.8 Å². The van der Waals surface area contributed by atoms with Gasteiger partial charge in [-0.25, -0.2) is 0 Å². The van der Waals surface area contributed by atoms with E-state index < -0.39 is 18.0 Å². The number of halogens is 3. The second kappa shape index (κ2) is 9.87. The van der Waals surface area contributed by atoms with Crippen molar-refractivity contribution in [2.24, 2.45) is 0 Å². The van der Waals surface area contributed by atoms with Gasteiger partial charge in [0.2, 0.25) is 0 Å². The predicted octanol–water partition coefficient (Wildman–Crippen LogP) is 5.23. The van der Waals surface area contributed by atoms with Gasteiger partial charge in [0, 0.05) is 50.7 Å². The second-order valence-electron chi connectivity index (χ2n) is 7.72. The second-order valence-corrected chi connectivity index (χ2v) is 7.72. The Hall–Kier alpha value is -3.00. The average molecular weight is 462 g/mol. The fourth-order valence-electron chi connectivity index (χ4n) is 4.44. The SMILES string of the molecule is CCN(CC)C1=C(C(=O)N(CC)c2ccccc2)C(OC)N(C)c2cccc(C(F)(F)F)c21. The lowest BCUT2D eigenvalue weighted by atomic mass is 9.91. The minimum Gasteiger partial charge on any atom is -0.371 e. The van der Waals surface area contributed by atoms with Gasteiger partial charge in [-0.2, -0.15) is 13.2 Å². The first kappa shape index (κ1) is 24.6. The van der Waals surface area contributed by atoms with Crippen molar-refractivity contribution in [3.63, 3.8) is 0 Å². The van der Waals surface area contributed by atoms with Crippen molar-refractivity contribution in [2.45, 2.75) is 33.2 Å². The Morgan fingerprint density at radius 1 is 1.00 bits per heavy atom. The number of alkyl halides is 3. The topological polar surface area (TPSA) is 36.0 Å². The van der Waals surface area contributed by atoms with Crippen molar-refractivity contribution in [2.75, 3.05) is 43.6 Å². The number of amides is 1. The van der Waals surface area contributed by atoms with E-state index in [0.717, 1.165) is 6.07 Å². The van der Waals surface area contributed by atoms with Gasteiger partial charge in [-0.1, -0.05) is 24.3 Å². The van der Waals surface area contributed by atoms with Crippen LogP contribution in [0.5, 0.6) is 0 Å². The molecule has 0 radical (unpaired) electrons. The number of hydrogen-bond acceptors (Lipinski definition) is 4. The molecule has 1 amide bonds. The van der Waals surface area contributed by atoms with Crippen LogP contribution in [-0.4, -0.2) is 50.8 Å². The Kier molecular flexibility index (Phi) is 7.37. The summed E-state index contributed by atoms with van der Waals surface area (Å²) in [5.41, 5.74) is 0.751. The van der Waals surface area contributed by atoms with Crippen LogP contribution in [0, 0.1) is 0 Å². The molecule has 3 rings (SSSR count). The Morgan fingerprint density at radius 3 is 2.15 bits per heavy atom. The molecular formula is C25H30F3N3O2. The van der Waals surface area contributed by atoms with Crippen LogP contribution in [0.15, 0.2) is 54.1 Å². The van der Waals surface area contributed by atoms with E-state index in [1.165, 1.54) is 13.2 Å². The van der Waals surface area contributed by atoms with Crippen LogP contribution in [0.2, 0.25) is 0 Å². The quantitative estimate of drug-likeness (QED) is 0.566. The molecule has 1 atom stereocenters. The number of methoxy groups -OCH3 is 1. The third-order valence-corrected chi connectivity index (χ3v) is 5.98. The molecule has 0 bridgehead atoms. The number of hydrogen-bond donors (Lipinski definition) is 0. The molecule has 8 heteroatoms. The van der Waals surface area contributed by atoms with E-state index in [0.29, 0.717) is 31.0 Å². The van der Waals surface area contributed by atoms with Crippen molar-refractivity contribution in [1.29, 1.82) is 0 Å². The molecule has 33 heavy (non-hydrogen) atoms. The van der Waals surface area contributed by atoms with E-state index in [1.807, 2.05) is 51.1 Å². The monoisotopic (exact) mass is 461 g/mol. The highest BCUT2D eigenvalue weighted by Gasteiger charge is 2.44. The average Bonchev–Trinajstić information content (AvgIpc) is 2.81. The number of nitrogens with zero attached hydrogens (tertiary/aromatic N) is 3. The molecule has 2 aromatic rings. The number of ether oxygens (including phenoxy) is 1. The number of rotatable bonds is 7. The molecule has 0 aliphatic carbocycles. The number of para-hydroxylation sites is 1. The Morgan fingerprint density at radius 2 is 1.64 bits per heavy atom. The molecule has 0 saturated carbocycles. The fourth-order valence-corrected chi connectivity index (χ4v) is 4.44. The molecule has 2 aromatic carbocycles. The molecular weight excluding hydrogens is 431 g/mol. The minimum absolute atomic E-state index is 0.0111. The summed E-state index contributed by atoms with van der Waals surface area (Å²) in [5.74, 6) is -0.382. The summed E-state index contributed by atoms with van der Waals surface area (Å²) in [6.45, 7) is 6.79. The van der Waals surface area contributed by atoms with Crippen LogP contribution in [-0.2, 0) is 15.7 Å². The highest BCUT2D eigenvalue weighted by molar-refractivity contribution is 6.13. The van der Waals surface area contributed by atoms with Crippen LogP contribution < -0.4 is 9.80 Å². The van der Waals surface area contributed by atoms with Crippen LogP contribution >= 0.6 is 0 Å². The Labute approximate surface area is 193 Å². The van der Waals surface area contributed by atoms with Crippen LogP contribution in [0.1, 0.15) is 31.9 Å². The van der Waals surface area contributed by atoms with E-state index in [2.05, 4.69) is 0 Å². The van der Waals surface area contributed by atoms with Gasteiger partial charge in [-0.3, -0.25) is 4.79 Å². The van der Waals surface area contributed by atoms with Crippen molar-refractivity contribution >= 4 is 23.0 Å². The third kappa shape index (κ3) is 4.44. The molecule has 5 nitrogen and oxygen atoms in total. The van der Waals surface area contributed by atoms with Gasteiger partial charge in [0.1, 0.15) is 0 Å². The number of likely N-dealkylation sites (N-methyl/N-ethyl adjacent to an activating group) is 2. The molecule has 1 unspecified atom stereocenters. The van der Waals surface area contributed by atoms with Gasteiger partial charge >= 0.3 is 6.18 Å². The van der Waals surface area contributed by atoms with Crippen molar-refractivity contribution in [1.82, 2.24) is 4.90 Å². The first-order chi connectivity index (χ1) is 15.7. The third-order valence-electron chi connectivity index (χ3n) is 5.98. The van der Waals surface area contributed by atoms with Crippen molar-refractivity contribution in [3.8, 4) is 0 Å². The maximum atomic E-state index is 14.2. The molecule has 0 aromatic heterocycles. The molecule has 0 spiro atoms. The predicted molar refractivity (Wildman–Crippen MR) is 125 cm³/mol. The van der Waals surface area contributed by atoms with E-state index in [4.69, 9.17) is 4.74 Å². The minimum atomic E-state index is -4.58. The zero-order chi connectivity index (χ0) is 24.3. The largest absolute Gasteiger partial charge is 0.417 e. The zero-order valence-corrected chi connectivity index (χ0v) is 19.6. The lowest BCUT2D eigenvalue weighted by Crippen LogP contribution is -2.48. The van der Waals surface area contributed by atoms with Gasteiger partial charge in [-0.05, 0) is 45.0 Å². The molecule has 1 heterocycles.